The fourth-order valence-electron chi connectivity index (χ4n) is 4.95. The first-order valence-electron chi connectivity index (χ1n) is 14.8. The van der Waals surface area contributed by atoms with Crippen molar-refractivity contribution in [2.24, 2.45) is 5.16 Å². The second-order valence-electron chi connectivity index (χ2n) is 13.4. The van der Waals surface area contributed by atoms with Gasteiger partial charge in [-0.15, -0.1) is 23.1 Å². The van der Waals surface area contributed by atoms with Crippen molar-refractivity contribution in [3.63, 3.8) is 0 Å². The number of hydrogen-bond acceptors (Lipinski definition) is 13. The molecule has 0 aliphatic carbocycles. The molecule has 5 N–H and O–H groups in total. The van der Waals surface area contributed by atoms with Crippen LogP contribution in [-0.2, 0) is 40.1 Å². The highest BCUT2D eigenvalue weighted by atomic mass is 32.2. The number of aromatic amines is 1. The minimum atomic E-state index is -1.64. The molecule has 4 heterocycles. The van der Waals surface area contributed by atoms with E-state index < -0.39 is 63.3 Å². The molecule has 2 aromatic rings. The molecule has 1 fully saturated rings. The zero-order valence-electron chi connectivity index (χ0n) is 27.9. The third-order valence-corrected chi connectivity index (χ3v) is 9.22. The summed E-state index contributed by atoms with van der Waals surface area (Å²) in [6.07, 6.45) is 1.59. The van der Waals surface area contributed by atoms with Crippen LogP contribution in [0.5, 0.6) is 5.75 Å². The number of aliphatic carboxylic acids is 1. The second-order valence-corrected chi connectivity index (χ2v) is 15.4. The molecule has 19 heteroatoms. The van der Waals surface area contributed by atoms with Crippen molar-refractivity contribution >= 4 is 64.1 Å². The van der Waals surface area contributed by atoms with E-state index in [2.05, 4.69) is 25.8 Å². The lowest BCUT2D eigenvalue weighted by Gasteiger charge is -2.49. The van der Waals surface area contributed by atoms with E-state index in [0.29, 0.717) is 24.2 Å². The molecular weight excluding hydrogens is 683 g/mol. The van der Waals surface area contributed by atoms with E-state index in [4.69, 9.17) is 9.57 Å². The topological polar surface area (TPSA) is 230 Å². The maximum Gasteiger partial charge on any atom is 0.353 e. The summed E-state index contributed by atoms with van der Waals surface area (Å²) < 4.78 is 5.60. The van der Waals surface area contributed by atoms with Gasteiger partial charge in [-0.25, -0.2) is 14.6 Å². The van der Waals surface area contributed by atoms with Crippen molar-refractivity contribution < 1.29 is 48.2 Å². The summed E-state index contributed by atoms with van der Waals surface area (Å²) in [4.78, 5) is 88.7. The van der Waals surface area contributed by atoms with E-state index in [1.165, 1.54) is 43.3 Å². The summed E-state index contributed by atoms with van der Waals surface area (Å²) in [7, 11) is 3.66. The number of carboxylic acid groups (broad SMARTS) is 1. The van der Waals surface area contributed by atoms with Gasteiger partial charge in [0.15, 0.2) is 16.6 Å². The zero-order chi connectivity index (χ0) is 36.5. The van der Waals surface area contributed by atoms with Crippen LogP contribution in [0.1, 0.15) is 46.0 Å². The van der Waals surface area contributed by atoms with Crippen LogP contribution in [0.2, 0.25) is 0 Å². The molecule has 1 saturated heterocycles. The Labute approximate surface area is 288 Å². The van der Waals surface area contributed by atoms with Crippen LogP contribution in [0.4, 0.5) is 5.13 Å². The van der Waals surface area contributed by atoms with Crippen LogP contribution in [-0.4, -0.2) is 114 Å². The number of aromatic hydroxyl groups is 1. The van der Waals surface area contributed by atoms with Gasteiger partial charge in [-0.05, 0) is 34.6 Å². The number of rotatable bonds is 13. The van der Waals surface area contributed by atoms with E-state index in [0.717, 1.165) is 16.2 Å². The van der Waals surface area contributed by atoms with Crippen molar-refractivity contribution in [1.82, 2.24) is 20.2 Å². The van der Waals surface area contributed by atoms with Gasteiger partial charge in [0, 0.05) is 29.0 Å². The van der Waals surface area contributed by atoms with Gasteiger partial charge in [0.05, 0.1) is 19.8 Å². The van der Waals surface area contributed by atoms with Crippen molar-refractivity contribution in [2.75, 3.05) is 31.7 Å². The number of amides is 3. The lowest BCUT2D eigenvalue weighted by atomic mass is 10.0. The van der Waals surface area contributed by atoms with E-state index in [1.807, 2.05) is 14.1 Å². The number of carbonyl (C=O) groups is 5. The average Bonchev–Trinajstić information content (AvgIpc) is 3.44. The SMILES string of the molecule is CC(C)(C)OC(=O)C(C)(C)ON=C(C(=O)N[C@@H]1C(=O)N2C(C(=O)O)=C(C[N+](C)(C)Cc3cc(=O)c(O)c[nH]3)CS[C@H]12)c1csc(NC=O)n1. The summed E-state index contributed by atoms with van der Waals surface area (Å²) in [6.45, 7) is 8.34. The van der Waals surface area contributed by atoms with Crippen molar-refractivity contribution in [3.8, 4) is 5.75 Å². The molecule has 264 valence electrons. The molecule has 2 aliphatic heterocycles. The number of ether oxygens (including phenoxy) is 1. The van der Waals surface area contributed by atoms with Gasteiger partial charge >= 0.3 is 11.9 Å². The Kier molecular flexibility index (Phi) is 10.6. The van der Waals surface area contributed by atoms with Gasteiger partial charge in [0.2, 0.25) is 17.4 Å². The number of pyridine rings is 1. The summed E-state index contributed by atoms with van der Waals surface area (Å²) in [5.41, 5.74) is -2.61. The number of nitrogens with zero attached hydrogens (tertiary/aromatic N) is 4. The number of oxime groups is 1. The summed E-state index contributed by atoms with van der Waals surface area (Å²) >= 11 is 2.26. The van der Waals surface area contributed by atoms with Gasteiger partial charge in [-0.1, -0.05) is 5.16 Å². The van der Waals surface area contributed by atoms with Crippen LogP contribution < -0.4 is 16.1 Å². The minimum absolute atomic E-state index is 0.0184. The largest absolute Gasteiger partial charge is 0.503 e. The highest BCUT2D eigenvalue weighted by Gasteiger charge is 2.55. The van der Waals surface area contributed by atoms with Crippen LogP contribution >= 0.6 is 23.1 Å². The summed E-state index contributed by atoms with van der Waals surface area (Å²) in [5.74, 6) is -3.81. The number of anilines is 1. The molecule has 0 aromatic carbocycles. The van der Waals surface area contributed by atoms with Crippen LogP contribution in [0.3, 0.4) is 0 Å². The predicted molar refractivity (Wildman–Crippen MR) is 178 cm³/mol. The smallest absolute Gasteiger partial charge is 0.353 e. The Bertz CT molecular complexity index is 1790. The van der Waals surface area contributed by atoms with E-state index in [-0.39, 0.29) is 33.3 Å². The number of β-lactam (4-membered cyclic amide) rings is 1. The Hall–Kier alpha value is -4.75. The number of esters is 1. The lowest BCUT2D eigenvalue weighted by Crippen LogP contribution is -2.71. The zero-order valence-corrected chi connectivity index (χ0v) is 29.5. The lowest BCUT2D eigenvalue weighted by molar-refractivity contribution is -0.899. The molecule has 49 heavy (non-hydrogen) atoms. The monoisotopic (exact) mass is 720 g/mol. The Morgan fingerprint density at radius 3 is 2.51 bits per heavy atom. The summed E-state index contributed by atoms with van der Waals surface area (Å²) in [6, 6.07) is 0.139. The number of thiazole rings is 1. The van der Waals surface area contributed by atoms with Crippen LogP contribution in [0, 0.1) is 0 Å². The number of thioether (sulfide) groups is 1. The number of H-pyrrole nitrogens is 1. The van der Waals surface area contributed by atoms with Crippen LogP contribution in [0.15, 0.2) is 38.9 Å². The average molecular weight is 721 g/mol. The number of fused-ring (bicyclic) bond motifs is 1. The van der Waals surface area contributed by atoms with Crippen molar-refractivity contribution in [3.05, 3.63) is 50.5 Å². The number of quaternary nitrogens is 1. The molecule has 0 spiro atoms. The molecule has 2 aliphatic rings. The van der Waals surface area contributed by atoms with E-state index in [1.54, 1.807) is 20.8 Å². The molecule has 2 aromatic heterocycles. The van der Waals surface area contributed by atoms with E-state index >= 15 is 0 Å². The first-order valence-corrected chi connectivity index (χ1v) is 16.7. The Morgan fingerprint density at radius 1 is 1.20 bits per heavy atom. The van der Waals surface area contributed by atoms with Gasteiger partial charge in [0.25, 0.3) is 11.8 Å². The first kappa shape index (κ1) is 37.1. The molecule has 17 nitrogen and oxygen atoms in total. The number of nitrogens with one attached hydrogen (secondary N) is 3. The number of aromatic nitrogens is 2. The highest BCUT2D eigenvalue weighted by molar-refractivity contribution is 8.00. The van der Waals surface area contributed by atoms with Crippen LogP contribution in [0.25, 0.3) is 0 Å². The van der Waals surface area contributed by atoms with Gasteiger partial charge in [-0.2, -0.15) is 0 Å². The molecule has 3 amide bonds. The van der Waals surface area contributed by atoms with Gasteiger partial charge in [-0.3, -0.25) is 24.1 Å². The standard InChI is InChI=1S/C30H37N7O10S2/c1-29(2,3)46-27(45)30(4,5)47-35-20(17-13-49-28(33-17)32-14-38)23(41)34-21-24(42)36-22(26(43)44)15(12-48-25(21)36)10-37(6,7)11-16-8-18(39)19(40)9-31-16/h8-9,13-14,21,25H,10-12H2,1-7H3,(H4-,31,32,33,34,35,38,39,40,41,43,44)/p+1/t21-,25-/m1/s1. The molecule has 0 saturated carbocycles. The Balaban J connectivity index is 1.55. The third-order valence-electron chi connectivity index (χ3n) is 7.11. The maximum absolute atomic E-state index is 13.6. The van der Waals surface area contributed by atoms with Gasteiger partial charge in [0.1, 0.15) is 41.5 Å². The number of likely N-dealkylation sites (N-methyl/N-ethyl adjacent to an activating group) is 1. The normalized spacial score (nSPS) is 18.3. The molecule has 2 atom stereocenters. The number of carboxylic acids is 1. The van der Waals surface area contributed by atoms with Crippen molar-refractivity contribution in [2.45, 2.75) is 63.8 Å². The molecule has 0 radical (unpaired) electrons. The first-order chi connectivity index (χ1) is 22.7. The van der Waals surface area contributed by atoms with Gasteiger partial charge < -0.3 is 39.9 Å². The molecule has 0 unspecified atom stereocenters. The van der Waals surface area contributed by atoms with E-state index in [9.17, 15) is 39.0 Å². The number of hydrogen-bond donors (Lipinski definition) is 5. The number of carbonyl (C=O) groups excluding carboxylic acids is 4. The third kappa shape index (κ3) is 8.65. The molecule has 0 bridgehead atoms. The predicted octanol–water partition coefficient (Wildman–Crippen LogP) is 0.962. The Morgan fingerprint density at radius 2 is 1.90 bits per heavy atom. The fraction of sp³-hybridized carbons (Fsp3) is 0.467. The molecule has 4 rings (SSSR count). The quantitative estimate of drug-likeness (QED) is 0.0487. The second kappa shape index (κ2) is 14.0. The maximum atomic E-state index is 13.6. The molecular formula is C30H38N7O10S2+. The minimum Gasteiger partial charge on any atom is -0.503 e. The highest BCUT2D eigenvalue weighted by Crippen LogP contribution is 2.41. The van der Waals surface area contributed by atoms with Crippen molar-refractivity contribution in [1.29, 1.82) is 0 Å². The fourth-order valence-corrected chi connectivity index (χ4v) is 6.94. The summed E-state index contributed by atoms with van der Waals surface area (Å²) in [5, 5.41) is 29.4.